The number of rotatable bonds is 10. The van der Waals surface area contributed by atoms with E-state index in [2.05, 4.69) is 4.74 Å². The number of carbonyl (C=O) groups excluding carboxylic acids is 1. The summed E-state index contributed by atoms with van der Waals surface area (Å²) in [6, 6.07) is 5.98. The third-order valence-corrected chi connectivity index (χ3v) is 5.22. The SMILES string of the molecule is CC(=O)Oc1ccccc1C(=O)O.CCO[Si](OCC)(OCC)OCC. The molecule has 0 aliphatic rings. The summed E-state index contributed by atoms with van der Waals surface area (Å²) >= 11 is 0. The van der Waals surface area contributed by atoms with Crippen LogP contribution in [0.5, 0.6) is 5.75 Å². The Balaban J connectivity index is 0.000000481. The van der Waals surface area contributed by atoms with E-state index in [9.17, 15) is 9.59 Å². The lowest BCUT2D eigenvalue weighted by Crippen LogP contribution is -2.49. The first kappa shape index (κ1) is 24.2. The van der Waals surface area contributed by atoms with Crippen molar-refractivity contribution in [1.82, 2.24) is 0 Å². The molecule has 0 aromatic heterocycles. The van der Waals surface area contributed by atoms with Crippen molar-refractivity contribution in [3.63, 3.8) is 0 Å². The summed E-state index contributed by atoms with van der Waals surface area (Å²) in [6.07, 6.45) is 0. The Morgan fingerprint density at radius 2 is 1.31 bits per heavy atom. The number of para-hydroxylation sites is 1. The molecular formula is C17H28O8Si. The molecule has 9 heteroatoms. The summed E-state index contributed by atoms with van der Waals surface area (Å²) in [4.78, 5) is 21.2. The zero-order chi connectivity index (χ0) is 20.0. The van der Waals surface area contributed by atoms with E-state index >= 15 is 0 Å². The quantitative estimate of drug-likeness (QED) is 0.371. The molecule has 1 N–H and O–H groups in total. The predicted molar refractivity (Wildman–Crippen MR) is 97.0 cm³/mol. The van der Waals surface area contributed by atoms with Crippen molar-refractivity contribution in [2.24, 2.45) is 0 Å². The highest BCUT2D eigenvalue weighted by Crippen LogP contribution is 2.17. The third-order valence-electron chi connectivity index (χ3n) is 2.66. The Morgan fingerprint density at radius 3 is 1.65 bits per heavy atom. The number of carbonyl (C=O) groups is 2. The lowest BCUT2D eigenvalue weighted by Gasteiger charge is -2.26. The molecule has 0 unspecified atom stereocenters. The van der Waals surface area contributed by atoms with Gasteiger partial charge in [-0.1, -0.05) is 12.1 Å². The van der Waals surface area contributed by atoms with Crippen molar-refractivity contribution in [3.05, 3.63) is 29.8 Å². The summed E-state index contributed by atoms with van der Waals surface area (Å²) in [5.41, 5.74) is -0.0160. The molecule has 1 aromatic carbocycles. The maximum absolute atomic E-state index is 10.6. The minimum Gasteiger partial charge on any atom is -0.478 e. The Kier molecular flexibility index (Phi) is 12.5. The van der Waals surface area contributed by atoms with Crippen LogP contribution in [0.2, 0.25) is 0 Å². The van der Waals surface area contributed by atoms with Crippen molar-refractivity contribution >= 4 is 21.0 Å². The van der Waals surface area contributed by atoms with E-state index in [1.54, 1.807) is 12.1 Å². The van der Waals surface area contributed by atoms with Crippen LogP contribution < -0.4 is 4.74 Å². The van der Waals surface area contributed by atoms with Crippen molar-refractivity contribution in [2.45, 2.75) is 34.6 Å². The summed E-state index contributed by atoms with van der Waals surface area (Å²) in [6.45, 7) is 11.0. The average molecular weight is 388 g/mol. The Hall–Kier alpha value is -1.78. The Labute approximate surface area is 155 Å². The topological polar surface area (TPSA) is 101 Å². The average Bonchev–Trinajstić information content (AvgIpc) is 2.56. The number of hydrogen-bond donors (Lipinski definition) is 1. The molecule has 0 saturated heterocycles. The second-order valence-electron chi connectivity index (χ2n) is 4.63. The normalized spacial score (nSPS) is 10.7. The van der Waals surface area contributed by atoms with E-state index in [1.165, 1.54) is 19.1 Å². The van der Waals surface area contributed by atoms with Crippen molar-refractivity contribution < 1.29 is 37.1 Å². The van der Waals surface area contributed by atoms with E-state index in [1.807, 2.05) is 27.7 Å². The first-order chi connectivity index (χ1) is 12.4. The summed E-state index contributed by atoms with van der Waals surface area (Å²) in [7, 11) is -2.80. The van der Waals surface area contributed by atoms with Gasteiger partial charge in [-0.05, 0) is 39.8 Å². The smallest absolute Gasteiger partial charge is 0.478 e. The van der Waals surface area contributed by atoms with Crippen molar-refractivity contribution in [3.8, 4) is 5.75 Å². The highest BCUT2D eigenvalue weighted by molar-refractivity contribution is 6.53. The molecule has 0 saturated carbocycles. The van der Waals surface area contributed by atoms with Gasteiger partial charge in [0.2, 0.25) is 0 Å². The third kappa shape index (κ3) is 9.06. The van der Waals surface area contributed by atoms with Crippen LogP contribution >= 0.6 is 0 Å². The predicted octanol–water partition coefficient (Wildman–Crippen LogP) is 2.88. The number of aromatic carboxylic acids is 1. The van der Waals surface area contributed by atoms with Crippen LogP contribution in [0, 0.1) is 0 Å². The zero-order valence-corrected chi connectivity index (χ0v) is 16.9. The highest BCUT2D eigenvalue weighted by atomic mass is 28.4. The fourth-order valence-electron chi connectivity index (χ4n) is 1.84. The van der Waals surface area contributed by atoms with Gasteiger partial charge in [0.05, 0.1) is 0 Å². The molecule has 0 fully saturated rings. The second kappa shape index (κ2) is 13.4. The molecule has 26 heavy (non-hydrogen) atoms. The van der Waals surface area contributed by atoms with E-state index in [0.717, 1.165) is 0 Å². The molecular weight excluding hydrogens is 360 g/mol. The van der Waals surface area contributed by atoms with E-state index in [0.29, 0.717) is 26.4 Å². The molecule has 1 aromatic rings. The maximum Gasteiger partial charge on any atom is 0.679 e. The summed E-state index contributed by atoms with van der Waals surface area (Å²) in [5, 5.41) is 8.69. The molecule has 0 radical (unpaired) electrons. The van der Waals surface area contributed by atoms with Crippen LogP contribution in [-0.4, -0.2) is 52.5 Å². The maximum atomic E-state index is 10.6. The van der Waals surface area contributed by atoms with Gasteiger partial charge in [-0.15, -0.1) is 0 Å². The lowest BCUT2D eigenvalue weighted by molar-refractivity contribution is -0.131. The highest BCUT2D eigenvalue weighted by Gasteiger charge is 2.44. The van der Waals surface area contributed by atoms with Gasteiger partial charge in [0.25, 0.3) is 0 Å². The molecule has 0 bridgehead atoms. The fourth-order valence-corrected chi connectivity index (χ4v) is 3.76. The zero-order valence-electron chi connectivity index (χ0n) is 15.9. The molecule has 0 atom stereocenters. The van der Waals surface area contributed by atoms with Gasteiger partial charge in [-0.2, -0.15) is 0 Å². The van der Waals surface area contributed by atoms with Gasteiger partial charge in [0.1, 0.15) is 11.3 Å². The summed E-state index contributed by atoms with van der Waals surface area (Å²) in [5.74, 6) is -1.58. The fraction of sp³-hybridized carbons (Fsp3) is 0.529. The van der Waals surface area contributed by atoms with Gasteiger partial charge in [0.15, 0.2) is 0 Å². The Bertz CT molecular complexity index is 520. The number of carboxylic acid groups (broad SMARTS) is 1. The van der Waals surface area contributed by atoms with Crippen LogP contribution in [0.25, 0.3) is 0 Å². The number of hydrogen-bond acceptors (Lipinski definition) is 7. The van der Waals surface area contributed by atoms with Gasteiger partial charge in [-0.25, -0.2) is 4.79 Å². The number of benzene rings is 1. The number of ether oxygens (including phenoxy) is 1. The minimum atomic E-state index is -2.80. The minimum absolute atomic E-state index is 0.0160. The number of esters is 1. The van der Waals surface area contributed by atoms with Crippen LogP contribution in [0.1, 0.15) is 45.0 Å². The van der Waals surface area contributed by atoms with Crippen LogP contribution in [0.15, 0.2) is 24.3 Å². The van der Waals surface area contributed by atoms with Gasteiger partial charge in [-0.3, -0.25) is 4.79 Å². The van der Waals surface area contributed by atoms with Crippen molar-refractivity contribution in [2.75, 3.05) is 26.4 Å². The Morgan fingerprint density at radius 1 is 0.885 bits per heavy atom. The van der Waals surface area contributed by atoms with Crippen LogP contribution in [-0.2, 0) is 22.5 Å². The van der Waals surface area contributed by atoms with Gasteiger partial charge >= 0.3 is 21.0 Å². The number of carboxylic acids is 1. The molecule has 0 aliphatic carbocycles. The molecule has 8 nitrogen and oxygen atoms in total. The molecule has 0 amide bonds. The van der Waals surface area contributed by atoms with Gasteiger partial charge < -0.3 is 27.5 Å². The van der Waals surface area contributed by atoms with E-state index < -0.39 is 21.0 Å². The summed E-state index contributed by atoms with van der Waals surface area (Å²) < 4.78 is 26.4. The first-order valence-electron chi connectivity index (χ1n) is 8.42. The first-order valence-corrected chi connectivity index (χ1v) is 10.1. The molecule has 1 rings (SSSR count). The van der Waals surface area contributed by atoms with Crippen LogP contribution in [0.3, 0.4) is 0 Å². The molecule has 148 valence electrons. The van der Waals surface area contributed by atoms with Crippen molar-refractivity contribution in [1.29, 1.82) is 0 Å². The van der Waals surface area contributed by atoms with E-state index in [-0.39, 0.29) is 11.3 Å². The van der Waals surface area contributed by atoms with Crippen LogP contribution in [0.4, 0.5) is 0 Å². The largest absolute Gasteiger partial charge is 0.679 e. The molecule has 0 aliphatic heterocycles. The monoisotopic (exact) mass is 388 g/mol. The molecule has 0 spiro atoms. The standard InChI is InChI=1S/C9H8O4.C8H20O4Si/c1-6(10)13-8-5-3-2-4-7(8)9(11)12;1-5-9-13(10-6-2,11-7-3)12-8-4/h2-5H,1H3,(H,11,12);5-8H2,1-4H3. The molecule has 0 heterocycles. The van der Waals surface area contributed by atoms with Gasteiger partial charge in [0, 0.05) is 33.4 Å². The lowest BCUT2D eigenvalue weighted by atomic mass is 10.2. The second-order valence-corrected chi connectivity index (χ2v) is 6.78. The van der Waals surface area contributed by atoms with E-state index in [4.69, 9.17) is 22.8 Å².